The summed E-state index contributed by atoms with van der Waals surface area (Å²) in [5, 5.41) is 6.95. The van der Waals surface area contributed by atoms with Gasteiger partial charge in [-0.15, -0.1) is 0 Å². The Morgan fingerprint density at radius 1 is 1.28 bits per heavy atom. The molecule has 0 aliphatic carbocycles. The van der Waals surface area contributed by atoms with Crippen LogP contribution in [-0.4, -0.2) is 15.2 Å². The lowest BCUT2D eigenvalue weighted by molar-refractivity contribution is 0.542. The monoisotopic (exact) mass is 304 g/mol. The lowest BCUT2D eigenvalue weighted by Gasteiger charge is -2.01. The molecule has 0 aliphatic heterocycles. The third kappa shape index (κ3) is 1.70. The maximum atomic E-state index is 5.90. The van der Waals surface area contributed by atoms with Gasteiger partial charge in [-0.2, -0.15) is 5.10 Å². The number of aromatic amines is 1. The van der Waals surface area contributed by atoms with Gasteiger partial charge >= 0.3 is 0 Å². The molecule has 3 aromatic rings. The number of aromatic nitrogens is 3. The first-order chi connectivity index (χ1) is 8.77. The van der Waals surface area contributed by atoms with E-state index >= 15 is 0 Å². The lowest BCUT2D eigenvalue weighted by atomic mass is 10.1. The SMILES string of the molecule is Nc1n[nH]c(-c2ccoc2Br)c1-c1ccccn1. The van der Waals surface area contributed by atoms with Gasteiger partial charge < -0.3 is 10.2 Å². The second-order valence-corrected chi connectivity index (χ2v) is 4.40. The number of hydrogen-bond acceptors (Lipinski definition) is 4. The van der Waals surface area contributed by atoms with Gasteiger partial charge in [0.15, 0.2) is 10.5 Å². The number of furan rings is 1. The average molecular weight is 305 g/mol. The van der Waals surface area contributed by atoms with Gasteiger partial charge in [0.2, 0.25) is 0 Å². The number of halogens is 1. The fourth-order valence-corrected chi connectivity index (χ4v) is 2.23. The highest BCUT2D eigenvalue weighted by atomic mass is 79.9. The molecule has 0 atom stereocenters. The van der Waals surface area contributed by atoms with Crippen LogP contribution in [0.1, 0.15) is 0 Å². The highest BCUT2D eigenvalue weighted by Crippen LogP contribution is 2.37. The lowest BCUT2D eigenvalue weighted by Crippen LogP contribution is -1.90. The van der Waals surface area contributed by atoms with Crippen molar-refractivity contribution in [1.82, 2.24) is 15.2 Å². The van der Waals surface area contributed by atoms with E-state index in [4.69, 9.17) is 10.2 Å². The number of hydrogen-bond donors (Lipinski definition) is 2. The highest BCUT2D eigenvalue weighted by Gasteiger charge is 2.18. The van der Waals surface area contributed by atoms with Gasteiger partial charge in [0.1, 0.15) is 0 Å². The summed E-state index contributed by atoms with van der Waals surface area (Å²) in [6.07, 6.45) is 3.31. The van der Waals surface area contributed by atoms with Crippen molar-refractivity contribution in [3.05, 3.63) is 41.4 Å². The zero-order chi connectivity index (χ0) is 12.5. The topological polar surface area (TPSA) is 80.7 Å². The maximum Gasteiger partial charge on any atom is 0.178 e. The Labute approximate surface area is 111 Å². The van der Waals surface area contributed by atoms with Crippen molar-refractivity contribution in [1.29, 1.82) is 0 Å². The van der Waals surface area contributed by atoms with Crippen LogP contribution in [0, 0.1) is 0 Å². The molecule has 0 aliphatic rings. The van der Waals surface area contributed by atoms with Gasteiger partial charge in [0, 0.05) is 6.20 Å². The zero-order valence-electron chi connectivity index (χ0n) is 9.22. The largest absolute Gasteiger partial charge is 0.457 e. The van der Waals surface area contributed by atoms with Crippen molar-refractivity contribution in [3.8, 4) is 22.5 Å². The summed E-state index contributed by atoms with van der Waals surface area (Å²) >= 11 is 3.34. The van der Waals surface area contributed by atoms with E-state index in [0.29, 0.717) is 10.5 Å². The van der Waals surface area contributed by atoms with Crippen LogP contribution in [0.3, 0.4) is 0 Å². The number of nitrogen functional groups attached to an aromatic ring is 1. The first-order valence-electron chi connectivity index (χ1n) is 5.26. The van der Waals surface area contributed by atoms with Gasteiger partial charge in [-0.3, -0.25) is 10.1 Å². The molecule has 0 fully saturated rings. The van der Waals surface area contributed by atoms with Gasteiger partial charge in [-0.1, -0.05) is 6.07 Å². The summed E-state index contributed by atoms with van der Waals surface area (Å²) in [5.41, 5.74) is 9.09. The van der Waals surface area contributed by atoms with E-state index in [1.54, 1.807) is 12.5 Å². The quantitative estimate of drug-likeness (QED) is 0.762. The number of H-pyrrole nitrogens is 1. The summed E-state index contributed by atoms with van der Waals surface area (Å²) in [7, 11) is 0. The maximum absolute atomic E-state index is 5.90. The van der Waals surface area contributed by atoms with Gasteiger partial charge in [0.05, 0.1) is 28.8 Å². The molecule has 0 radical (unpaired) electrons. The second kappa shape index (κ2) is 4.30. The van der Waals surface area contributed by atoms with Crippen molar-refractivity contribution in [2.75, 3.05) is 5.73 Å². The molecule has 0 spiro atoms. The van der Waals surface area contributed by atoms with Crippen LogP contribution in [0.25, 0.3) is 22.5 Å². The van der Waals surface area contributed by atoms with Crippen molar-refractivity contribution >= 4 is 21.7 Å². The molecule has 5 nitrogen and oxygen atoms in total. The van der Waals surface area contributed by atoms with E-state index < -0.39 is 0 Å². The van der Waals surface area contributed by atoms with Crippen LogP contribution in [0.4, 0.5) is 5.82 Å². The molecule has 18 heavy (non-hydrogen) atoms. The van der Waals surface area contributed by atoms with Gasteiger partial charge in [-0.25, -0.2) is 0 Å². The van der Waals surface area contributed by atoms with Gasteiger partial charge in [-0.05, 0) is 34.1 Å². The summed E-state index contributed by atoms with van der Waals surface area (Å²) in [4.78, 5) is 4.30. The smallest absolute Gasteiger partial charge is 0.178 e. The fraction of sp³-hybridized carbons (Fsp3) is 0. The molecule has 0 aromatic carbocycles. The van der Waals surface area contributed by atoms with E-state index in [-0.39, 0.29) is 0 Å². The van der Waals surface area contributed by atoms with E-state index in [0.717, 1.165) is 22.5 Å². The predicted molar refractivity (Wildman–Crippen MR) is 71.6 cm³/mol. The minimum atomic E-state index is 0.414. The van der Waals surface area contributed by atoms with E-state index in [2.05, 4.69) is 31.1 Å². The Morgan fingerprint density at radius 3 is 2.83 bits per heavy atom. The molecule has 0 unspecified atom stereocenters. The molecule has 0 saturated heterocycles. The van der Waals surface area contributed by atoms with Crippen LogP contribution in [0.2, 0.25) is 0 Å². The Bertz CT molecular complexity index is 674. The summed E-state index contributed by atoms with van der Waals surface area (Å²) in [5.74, 6) is 0.414. The van der Waals surface area contributed by atoms with Crippen LogP contribution >= 0.6 is 15.9 Å². The summed E-state index contributed by atoms with van der Waals surface area (Å²) < 4.78 is 5.85. The molecular formula is C12H9BrN4O. The molecule has 6 heteroatoms. The predicted octanol–water partition coefficient (Wildman–Crippen LogP) is 3.08. The standard InChI is InChI=1S/C12H9BrN4O/c13-11-7(4-6-18-11)10-9(12(14)17-16-10)8-3-1-2-5-15-8/h1-6H,(H3,14,16,17). The van der Waals surface area contributed by atoms with Crippen molar-refractivity contribution in [2.24, 2.45) is 0 Å². The number of nitrogens with two attached hydrogens (primary N) is 1. The summed E-state index contributed by atoms with van der Waals surface area (Å²) in [6, 6.07) is 7.48. The van der Waals surface area contributed by atoms with E-state index in [9.17, 15) is 0 Å². The van der Waals surface area contributed by atoms with Crippen LogP contribution in [-0.2, 0) is 0 Å². The zero-order valence-corrected chi connectivity index (χ0v) is 10.8. The van der Waals surface area contributed by atoms with Crippen LogP contribution in [0.15, 0.2) is 45.8 Å². The first-order valence-corrected chi connectivity index (χ1v) is 6.05. The molecule has 0 saturated carbocycles. The number of nitrogens with one attached hydrogen (secondary N) is 1. The normalized spacial score (nSPS) is 10.7. The Kier molecular flexibility index (Phi) is 2.64. The minimum Gasteiger partial charge on any atom is -0.457 e. The molecule has 3 aromatic heterocycles. The third-order valence-corrected chi connectivity index (χ3v) is 3.22. The number of nitrogens with zero attached hydrogens (tertiary/aromatic N) is 2. The van der Waals surface area contributed by atoms with Crippen molar-refractivity contribution < 1.29 is 4.42 Å². The molecule has 3 rings (SSSR count). The van der Waals surface area contributed by atoms with Crippen LogP contribution in [0.5, 0.6) is 0 Å². The second-order valence-electron chi connectivity index (χ2n) is 3.68. The molecule has 0 amide bonds. The average Bonchev–Trinajstić information content (AvgIpc) is 2.96. The van der Waals surface area contributed by atoms with Crippen molar-refractivity contribution in [3.63, 3.8) is 0 Å². The first kappa shape index (κ1) is 11.0. The summed E-state index contributed by atoms with van der Waals surface area (Å²) in [6.45, 7) is 0. The Balaban J connectivity index is 2.22. The van der Waals surface area contributed by atoms with Crippen LogP contribution < -0.4 is 5.73 Å². The molecular weight excluding hydrogens is 296 g/mol. The van der Waals surface area contributed by atoms with E-state index in [1.807, 2.05) is 24.3 Å². The number of rotatable bonds is 2. The fourth-order valence-electron chi connectivity index (χ4n) is 1.79. The Morgan fingerprint density at radius 2 is 2.17 bits per heavy atom. The molecule has 3 N–H and O–H groups in total. The minimum absolute atomic E-state index is 0.414. The van der Waals surface area contributed by atoms with E-state index in [1.165, 1.54) is 0 Å². The molecule has 3 heterocycles. The van der Waals surface area contributed by atoms with Gasteiger partial charge in [0.25, 0.3) is 0 Å². The highest BCUT2D eigenvalue weighted by molar-refractivity contribution is 9.10. The number of pyridine rings is 1. The third-order valence-electron chi connectivity index (χ3n) is 2.60. The molecule has 0 bridgehead atoms. The molecule has 90 valence electrons. The number of anilines is 1. The van der Waals surface area contributed by atoms with Crippen molar-refractivity contribution in [2.45, 2.75) is 0 Å². The Hall–Kier alpha value is -2.08.